The molecule has 26 heavy (non-hydrogen) atoms. The lowest BCUT2D eigenvalue weighted by Gasteiger charge is -2.33. The van der Waals surface area contributed by atoms with Crippen molar-refractivity contribution in [2.75, 3.05) is 38.1 Å². The van der Waals surface area contributed by atoms with Gasteiger partial charge in [-0.25, -0.2) is 0 Å². The summed E-state index contributed by atoms with van der Waals surface area (Å²) in [5, 5.41) is 3.51. The lowest BCUT2D eigenvalue weighted by molar-refractivity contribution is 0.312. The van der Waals surface area contributed by atoms with Gasteiger partial charge in [-0.3, -0.25) is 0 Å². The number of rotatable bonds is 2. The molecule has 1 saturated heterocycles. The first kappa shape index (κ1) is 15.4. The Morgan fingerprint density at radius 2 is 1.54 bits per heavy atom. The molecule has 0 radical (unpaired) electrons. The summed E-state index contributed by atoms with van der Waals surface area (Å²) in [4.78, 5) is 9.68. The molecule has 0 atom stereocenters. The summed E-state index contributed by atoms with van der Waals surface area (Å²) in [7, 11) is 2.17. The van der Waals surface area contributed by atoms with E-state index in [1.807, 2.05) is 12.3 Å². The summed E-state index contributed by atoms with van der Waals surface area (Å²) in [5.41, 5.74) is 2.98. The Morgan fingerprint density at radius 3 is 2.31 bits per heavy atom. The summed E-state index contributed by atoms with van der Waals surface area (Å²) < 4.78 is 5.92. The van der Waals surface area contributed by atoms with Crippen LogP contribution in [0.5, 0.6) is 0 Å². The second-order valence-electron chi connectivity index (χ2n) is 6.97. The Hall–Kier alpha value is -2.85. The average Bonchev–Trinajstić information content (AvgIpc) is 3.13. The zero-order valence-corrected chi connectivity index (χ0v) is 14.9. The lowest BCUT2D eigenvalue weighted by atomic mass is 10.0. The summed E-state index contributed by atoms with van der Waals surface area (Å²) in [6.07, 6.45) is 1.84. The van der Waals surface area contributed by atoms with Crippen molar-refractivity contribution >= 4 is 27.7 Å². The molecule has 2 aromatic heterocycles. The number of piperazine rings is 1. The van der Waals surface area contributed by atoms with Crippen molar-refractivity contribution in [1.29, 1.82) is 0 Å². The fraction of sp³-hybridized carbons (Fsp3) is 0.227. The smallest absolute Gasteiger partial charge is 0.229 e. The van der Waals surface area contributed by atoms with Crippen LogP contribution in [0.1, 0.15) is 0 Å². The first-order valence-electron chi connectivity index (χ1n) is 9.10. The highest BCUT2D eigenvalue weighted by atomic mass is 16.3. The summed E-state index contributed by atoms with van der Waals surface area (Å²) >= 11 is 0. The number of likely N-dealkylation sites (N-methyl/N-ethyl adjacent to an activating group) is 1. The van der Waals surface area contributed by atoms with Gasteiger partial charge in [-0.15, -0.1) is 0 Å². The minimum absolute atomic E-state index is 0.719. The highest BCUT2D eigenvalue weighted by Crippen LogP contribution is 2.38. The molecule has 3 heterocycles. The average molecular weight is 343 g/mol. The molecule has 0 bridgehead atoms. The molecule has 4 nitrogen and oxygen atoms in total. The van der Waals surface area contributed by atoms with E-state index in [-0.39, 0.29) is 0 Å². The summed E-state index contributed by atoms with van der Waals surface area (Å²) in [6.45, 7) is 4.10. The predicted molar refractivity (Wildman–Crippen MR) is 107 cm³/mol. The molecule has 0 spiro atoms. The van der Waals surface area contributed by atoms with Crippen molar-refractivity contribution in [3.8, 4) is 11.1 Å². The SMILES string of the molecule is CN1CCN(c2nc3occ(-c4ccccc4)c3c3ccccc23)CC1. The van der Waals surface area contributed by atoms with E-state index in [9.17, 15) is 0 Å². The van der Waals surface area contributed by atoms with Crippen molar-refractivity contribution in [3.63, 3.8) is 0 Å². The highest BCUT2D eigenvalue weighted by Gasteiger charge is 2.21. The maximum atomic E-state index is 5.92. The molecular formula is C22H21N3O. The lowest BCUT2D eigenvalue weighted by Crippen LogP contribution is -2.44. The van der Waals surface area contributed by atoms with E-state index in [2.05, 4.69) is 65.4 Å². The van der Waals surface area contributed by atoms with E-state index in [0.717, 1.165) is 54.2 Å². The van der Waals surface area contributed by atoms with Crippen molar-refractivity contribution in [3.05, 3.63) is 60.9 Å². The minimum Gasteiger partial charge on any atom is -0.445 e. The first-order chi connectivity index (χ1) is 12.8. The van der Waals surface area contributed by atoms with Crippen LogP contribution in [0.15, 0.2) is 65.3 Å². The summed E-state index contributed by atoms with van der Waals surface area (Å²) in [6, 6.07) is 18.9. The normalized spacial score (nSPS) is 15.8. The van der Waals surface area contributed by atoms with Gasteiger partial charge >= 0.3 is 0 Å². The van der Waals surface area contributed by atoms with Crippen molar-refractivity contribution in [1.82, 2.24) is 9.88 Å². The van der Waals surface area contributed by atoms with Gasteiger partial charge in [0.05, 0.1) is 5.39 Å². The fourth-order valence-corrected chi connectivity index (χ4v) is 3.83. The van der Waals surface area contributed by atoms with Gasteiger partial charge in [0.25, 0.3) is 0 Å². The van der Waals surface area contributed by atoms with Crippen LogP contribution in [0, 0.1) is 0 Å². The number of fused-ring (bicyclic) bond motifs is 3. The van der Waals surface area contributed by atoms with Crippen LogP contribution >= 0.6 is 0 Å². The van der Waals surface area contributed by atoms with Crippen LogP contribution in [0.25, 0.3) is 33.0 Å². The predicted octanol–water partition coefficient (Wildman–Crippen LogP) is 4.40. The molecule has 130 valence electrons. The van der Waals surface area contributed by atoms with Crippen LogP contribution in [0.2, 0.25) is 0 Å². The molecule has 0 saturated carbocycles. The van der Waals surface area contributed by atoms with Crippen LogP contribution in [-0.4, -0.2) is 43.1 Å². The molecule has 1 aliphatic heterocycles. The van der Waals surface area contributed by atoms with Crippen molar-refractivity contribution in [2.24, 2.45) is 0 Å². The standard InChI is InChI=1S/C22H21N3O/c1-24-11-13-25(14-12-24)21-18-10-6-5-9-17(18)20-19(15-26-22(20)23-21)16-7-3-2-4-8-16/h2-10,15H,11-14H2,1H3. The van der Waals surface area contributed by atoms with Crippen LogP contribution < -0.4 is 4.90 Å². The number of aromatic nitrogens is 1. The molecule has 1 aliphatic rings. The highest BCUT2D eigenvalue weighted by molar-refractivity contribution is 6.14. The van der Waals surface area contributed by atoms with Gasteiger partial charge in [0.2, 0.25) is 5.71 Å². The van der Waals surface area contributed by atoms with Gasteiger partial charge in [-0.2, -0.15) is 4.98 Å². The van der Waals surface area contributed by atoms with Gasteiger partial charge in [-0.1, -0.05) is 54.6 Å². The quantitative estimate of drug-likeness (QED) is 0.540. The molecule has 4 heteroatoms. The van der Waals surface area contributed by atoms with Gasteiger partial charge in [0, 0.05) is 37.1 Å². The summed E-state index contributed by atoms with van der Waals surface area (Å²) in [5.74, 6) is 1.04. The minimum atomic E-state index is 0.719. The maximum Gasteiger partial charge on any atom is 0.229 e. The van der Waals surface area contributed by atoms with E-state index >= 15 is 0 Å². The zero-order chi connectivity index (χ0) is 17.5. The van der Waals surface area contributed by atoms with Crippen molar-refractivity contribution in [2.45, 2.75) is 0 Å². The second-order valence-corrected chi connectivity index (χ2v) is 6.97. The largest absolute Gasteiger partial charge is 0.445 e. The molecular weight excluding hydrogens is 322 g/mol. The number of furan rings is 1. The van der Waals surface area contributed by atoms with Crippen molar-refractivity contribution < 1.29 is 4.42 Å². The number of anilines is 1. The van der Waals surface area contributed by atoms with Crippen LogP contribution in [0.4, 0.5) is 5.82 Å². The third-order valence-corrected chi connectivity index (χ3v) is 5.30. The molecule has 0 amide bonds. The Morgan fingerprint density at radius 1 is 0.846 bits per heavy atom. The Labute approximate surface area is 152 Å². The molecule has 5 rings (SSSR count). The number of hydrogen-bond acceptors (Lipinski definition) is 4. The maximum absolute atomic E-state index is 5.92. The number of benzene rings is 2. The van der Waals surface area contributed by atoms with E-state index in [0.29, 0.717) is 0 Å². The molecule has 0 N–H and O–H groups in total. The third-order valence-electron chi connectivity index (χ3n) is 5.30. The fourth-order valence-electron chi connectivity index (χ4n) is 3.83. The van der Waals surface area contributed by atoms with E-state index in [4.69, 9.17) is 9.40 Å². The molecule has 0 unspecified atom stereocenters. The molecule has 2 aromatic carbocycles. The second kappa shape index (κ2) is 6.15. The third kappa shape index (κ3) is 2.45. The van der Waals surface area contributed by atoms with Gasteiger partial charge in [0.1, 0.15) is 12.1 Å². The van der Waals surface area contributed by atoms with Crippen LogP contribution in [0.3, 0.4) is 0 Å². The van der Waals surface area contributed by atoms with E-state index in [1.165, 1.54) is 10.8 Å². The monoisotopic (exact) mass is 343 g/mol. The molecule has 4 aromatic rings. The van der Waals surface area contributed by atoms with E-state index in [1.54, 1.807) is 0 Å². The number of pyridine rings is 1. The Balaban J connectivity index is 1.74. The number of hydrogen-bond donors (Lipinski definition) is 0. The van der Waals surface area contributed by atoms with Gasteiger partial charge in [-0.05, 0) is 18.0 Å². The Bertz CT molecular complexity index is 1060. The first-order valence-corrected chi connectivity index (χ1v) is 9.10. The Kier molecular flexibility index (Phi) is 3.64. The topological polar surface area (TPSA) is 32.5 Å². The van der Waals surface area contributed by atoms with Gasteiger partial charge in [0.15, 0.2) is 0 Å². The molecule has 0 aliphatic carbocycles. The zero-order valence-electron chi connectivity index (χ0n) is 14.9. The van der Waals surface area contributed by atoms with Gasteiger partial charge < -0.3 is 14.2 Å². The molecule has 1 fully saturated rings. The number of nitrogens with zero attached hydrogens (tertiary/aromatic N) is 3. The van der Waals surface area contributed by atoms with E-state index < -0.39 is 0 Å². The van der Waals surface area contributed by atoms with Crippen LogP contribution in [-0.2, 0) is 0 Å².